The van der Waals surface area contributed by atoms with Crippen LogP contribution in [0.25, 0.3) is 0 Å². The lowest BCUT2D eigenvalue weighted by Gasteiger charge is -2.19. The number of rotatable bonds is 11. The Morgan fingerprint density at radius 2 is 1.88 bits per heavy atom. The standard InChI is InChI=1S/C24H28N2O6S/c1-3-16-6-9-19(25-13-16)20(32-23(29)11-10-22(27)28)14-31-18-7-4-17(5-8-18)12-21-15(2)26-24(30)33-21/h4-9,13,20,22,27-28H,3,10-12,14H2,1-2H3,(H,26,30). The minimum atomic E-state index is -1.57. The Morgan fingerprint density at radius 1 is 1.15 bits per heavy atom. The molecule has 0 aliphatic rings. The quantitative estimate of drug-likeness (QED) is 0.290. The summed E-state index contributed by atoms with van der Waals surface area (Å²) >= 11 is 1.21. The van der Waals surface area contributed by atoms with Gasteiger partial charge >= 0.3 is 10.8 Å². The van der Waals surface area contributed by atoms with Crippen LogP contribution >= 0.6 is 11.3 Å². The van der Waals surface area contributed by atoms with Gasteiger partial charge in [0.05, 0.1) is 12.1 Å². The van der Waals surface area contributed by atoms with Gasteiger partial charge in [-0.15, -0.1) is 0 Å². The smallest absolute Gasteiger partial charge is 0.306 e. The number of hydrogen-bond donors (Lipinski definition) is 3. The predicted molar refractivity (Wildman–Crippen MR) is 124 cm³/mol. The van der Waals surface area contributed by atoms with Gasteiger partial charge in [-0.05, 0) is 42.7 Å². The van der Waals surface area contributed by atoms with Gasteiger partial charge in [-0.1, -0.05) is 36.5 Å². The summed E-state index contributed by atoms with van der Waals surface area (Å²) < 4.78 is 11.4. The first-order valence-electron chi connectivity index (χ1n) is 10.7. The summed E-state index contributed by atoms with van der Waals surface area (Å²) in [6.45, 7) is 3.97. The first-order valence-corrected chi connectivity index (χ1v) is 11.6. The maximum Gasteiger partial charge on any atom is 0.306 e. The average molecular weight is 473 g/mol. The topological polar surface area (TPSA) is 122 Å². The molecular formula is C24H28N2O6S. The highest BCUT2D eigenvalue weighted by Crippen LogP contribution is 2.22. The zero-order valence-corrected chi connectivity index (χ0v) is 19.4. The molecule has 3 aromatic rings. The van der Waals surface area contributed by atoms with Crippen LogP contribution in [-0.2, 0) is 22.4 Å². The van der Waals surface area contributed by atoms with E-state index in [9.17, 15) is 9.59 Å². The second-order valence-corrected chi connectivity index (χ2v) is 8.70. The highest BCUT2D eigenvalue weighted by atomic mass is 32.1. The van der Waals surface area contributed by atoms with Crippen molar-refractivity contribution in [2.24, 2.45) is 0 Å². The number of aromatic nitrogens is 2. The third kappa shape index (κ3) is 7.52. The van der Waals surface area contributed by atoms with E-state index in [0.29, 0.717) is 17.9 Å². The molecule has 1 atom stereocenters. The van der Waals surface area contributed by atoms with E-state index in [1.807, 2.05) is 44.2 Å². The normalized spacial score (nSPS) is 12.0. The molecule has 0 spiro atoms. The lowest BCUT2D eigenvalue weighted by Crippen LogP contribution is -2.20. The molecule has 0 radical (unpaired) electrons. The molecule has 0 saturated heterocycles. The molecule has 2 heterocycles. The van der Waals surface area contributed by atoms with Crippen LogP contribution in [0.1, 0.15) is 53.3 Å². The van der Waals surface area contributed by atoms with E-state index in [4.69, 9.17) is 19.7 Å². The third-order valence-electron chi connectivity index (χ3n) is 5.08. The van der Waals surface area contributed by atoms with Crippen LogP contribution < -0.4 is 9.61 Å². The number of benzene rings is 1. The molecule has 8 nitrogen and oxygen atoms in total. The van der Waals surface area contributed by atoms with Gasteiger partial charge in [-0.3, -0.25) is 14.6 Å². The predicted octanol–water partition coefficient (Wildman–Crippen LogP) is 3.05. The SMILES string of the molecule is CCc1ccc(C(COc2ccc(Cc3sc(=O)[nH]c3C)cc2)OC(=O)CCC(O)O)nc1. The van der Waals surface area contributed by atoms with Crippen molar-refractivity contribution in [2.75, 3.05) is 6.61 Å². The van der Waals surface area contributed by atoms with E-state index < -0.39 is 18.4 Å². The number of aryl methyl sites for hydroxylation is 2. The minimum Gasteiger partial charge on any atom is -0.489 e. The maximum atomic E-state index is 12.2. The number of aliphatic hydroxyl groups excluding tert-OH is 1. The van der Waals surface area contributed by atoms with Gasteiger partial charge in [0, 0.05) is 29.6 Å². The Morgan fingerprint density at radius 3 is 2.45 bits per heavy atom. The number of carbonyl (C=O) groups is 1. The summed E-state index contributed by atoms with van der Waals surface area (Å²) in [4.78, 5) is 31.8. The number of carbonyl (C=O) groups excluding carboxylic acids is 1. The molecule has 0 amide bonds. The van der Waals surface area contributed by atoms with Crippen LogP contribution in [0.15, 0.2) is 47.4 Å². The van der Waals surface area contributed by atoms with E-state index in [1.165, 1.54) is 11.3 Å². The van der Waals surface area contributed by atoms with Gasteiger partial charge in [0.15, 0.2) is 12.4 Å². The van der Waals surface area contributed by atoms with E-state index in [0.717, 1.165) is 28.1 Å². The molecule has 2 aromatic heterocycles. The molecule has 1 aromatic carbocycles. The number of aromatic amines is 1. The lowest BCUT2D eigenvalue weighted by atomic mass is 10.1. The monoisotopic (exact) mass is 472 g/mol. The molecule has 0 aliphatic carbocycles. The number of thiazole rings is 1. The summed E-state index contributed by atoms with van der Waals surface area (Å²) in [5.41, 5.74) is 3.54. The van der Waals surface area contributed by atoms with Gasteiger partial charge in [0.25, 0.3) is 0 Å². The molecule has 9 heteroatoms. The molecule has 176 valence electrons. The fourth-order valence-corrected chi connectivity index (χ4v) is 4.02. The molecule has 1 unspecified atom stereocenters. The van der Waals surface area contributed by atoms with Crippen molar-refractivity contribution in [3.8, 4) is 5.75 Å². The van der Waals surface area contributed by atoms with Crippen LogP contribution in [0.2, 0.25) is 0 Å². The molecule has 3 N–H and O–H groups in total. The van der Waals surface area contributed by atoms with E-state index in [-0.39, 0.29) is 24.3 Å². The van der Waals surface area contributed by atoms with Crippen molar-refractivity contribution >= 4 is 17.3 Å². The van der Waals surface area contributed by atoms with Crippen molar-refractivity contribution in [1.82, 2.24) is 9.97 Å². The van der Waals surface area contributed by atoms with Gasteiger partial charge in [0.2, 0.25) is 0 Å². The summed E-state index contributed by atoms with van der Waals surface area (Å²) in [6.07, 6.45) is 0.697. The Labute approximate surface area is 195 Å². The van der Waals surface area contributed by atoms with E-state index in [2.05, 4.69) is 9.97 Å². The highest BCUT2D eigenvalue weighted by Gasteiger charge is 2.20. The van der Waals surface area contributed by atoms with Crippen LogP contribution in [0.3, 0.4) is 0 Å². The number of ether oxygens (including phenoxy) is 2. The summed E-state index contributed by atoms with van der Waals surface area (Å²) in [5, 5.41) is 18.0. The molecule has 33 heavy (non-hydrogen) atoms. The number of nitrogens with one attached hydrogen (secondary N) is 1. The van der Waals surface area contributed by atoms with Crippen LogP contribution in [0, 0.1) is 6.92 Å². The number of esters is 1. The van der Waals surface area contributed by atoms with Crippen molar-refractivity contribution < 1.29 is 24.5 Å². The van der Waals surface area contributed by atoms with Crippen LogP contribution in [-0.4, -0.2) is 39.0 Å². The summed E-state index contributed by atoms with van der Waals surface area (Å²) in [6, 6.07) is 11.2. The summed E-state index contributed by atoms with van der Waals surface area (Å²) in [5.74, 6) is 0.0454. The van der Waals surface area contributed by atoms with Crippen LogP contribution in [0.5, 0.6) is 5.75 Å². The number of H-pyrrole nitrogens is 1. The highest BCUT2D eigenvalue weighted by molar-refractivity contribution is 7.09. The Balaban J connectivity index is 1.65. The van der Waals surface area contributed by atoms with Crippen LogP contribution in [0.4, 0.5) is 0 Å². The second-order valence-electron chi connectivity index (χ2n) is 7.64. The molecule has 0 aliphatic heterocycles. The van der Waals surface area contributed by atoms with Crippen molar-refractivity contribution in [1.29, 1.82) is 0 Å². The largest absolute Gasteiger partial charge is 0.489 e. The minimum absolute atomic E-state index is 0.0582. The maximum absolute atomic E-state index is 12.2. The van der Waals surface area contributed by atoms with Crippen molar-refractivity contribution in [3.05, 3.63) is 79.7 Å². The van der Waals surface area contributed by atoms with Gasteiger partial charge < -0.3 is 24.7 Å². The van der Waals surface area contributed by atoms with Gasteiger partial charge in [-0.25, -0.2) is 0 Å². The van der Waals surface area contributed by atoms with Crippen molar-refractivity contribution in [2.45, 2.75) is 51.9 Å². The fourth-order valence-electron chi connectivity index (χ4n) is 3.15. The van der Waals surface area contributed by atoms with Gasteiger partial charge in [-0.2, -0.15) is 0 Å². The second kappa shape index (κ2) is 11.7. The molecule has 3 rings (SSSR count). The molecule has 0 bridgehead atoms. The molecule has 0 fully saturated rings. The Hall–Kier alpha value is -3.01. The fraction of sp³-hybridized carbons (Fsp3) is 0.375. The first-order chi connectivity index (χ1) is 15.8. The number of pyridine rings is 1. The third-order valence-corrected chi connectivity index (χ3v) is 6.06. The number of nitrogens with zero attached hydrogens (tertiary/aromatic N) is 1. The van der Waals surface area contributed by atoms with Gasteiger partial charge in [0.1, 0.15) is 12.4 Å². The first kappa shape index (κ1) is 24.6. The summed E-state index contributed by atoms with van der Waals surface area (Å²) in [7, 11) is 0. The van der Waals surface area contributed by atoms with E-state index in [1.54, 1.807) is 12.3 Å². The molecular weight excluding hydrogens is 444 g/mol. The number of hydrogen-bond acceptors (Lipinski definition) is 8. The number of aliphatic hydroxyl groups is 2. The average Bonchev–Trinajstić information content (AvgIpc) is 3.12. The Bertz CT molecular complexity index is 1090. The Kier molecular flexibility index (Phi) is 8.76. The molecule has 0 saturated carbocycles. The zero-order valence-electron chi connectivity index (χ0n) is 18.6. The van der Waals surface area contributed by atoms with Crippen molar-refractivity contribution in [3.63, 3.8) is 0 Å². The van der Waals surface area contributed by atoms with E-state index >= 15 is 0 Å². The zero-order chi connectivity index (χ0) is 23.8. The lowest BCUT2D eigenvalue weighted by molar-refractivity contribution is -0.153.